The van der Waals surface area contributed by atoms with Gasteiger partial charge in [0, 0.05) is 24.4 Å². The molecule has 5 unspecified atom stereocenters. The van der Waals surface area contributed by atoms with Crippen molar-refractivity contribution in [1.82, 2.24) is 10.6 Å². The summed E-state index contributed by atoms with van der Waals surface area (Å²) in [7, 11) is 0. The first-order valence-corrected chi connectivity index (χ1v) is 13.9. The van der Waals surface area contributed by atoms with Gasteiger partial charge in [-0.25, -0.2) is 0 Å². The van der Waals surface area contributed by atoms with Gasteiger partial charge in [0.2, 0.25) is 11.8 Å². The largest absolute Gasteiger partial charge is 0.369 e. The summed E-state index contributed by atoms with van der Waals surface area (Å²) < 4.78 is 0. The fourth-order valence-corrected chi connectivity index (χ4v) is 7.49. The molecule has 2 saturated heterocycles. The minimum Gasteiger partial charge on any atom is -0.369 e. The van der Waals surface area contributed by atoms with E-state index in [0.717, 1.165) is 23.1 Å². The van der Waals surface area contributed by atoms with Crippen molar-refractivity contribution in [2.75, 3.05) is 19.6 Å². The summed E-state index contributed by atoms with van der Waals surface area (Å²) in [6.07, 6.45) is 1.27. The minimum absolute atomic E-state index is 0.0395. The van der Waals surface area contributed by atoms with E-state index >= 15 is 0 Å². The van der Waals surface area contributed by atoms with Crippen LogP contribution in [0.15, 0.2) is 78.9 Å². The zero-order valence-corrected chi connectivity index (χ0v) is 22.9. The molecule has 0 radical (unpaired) electrons. The van der Waals surface area contributed by atoms with Gasteiger partial charge in [-0.3, -0.25) is 9.59 Å². The molecular formula is C31H33Cl2N3O2. The van der Waals surface area contributed by atoms with Gasteiger partial charge in [-0.1, -0.05) is 96.9 Å². The molecule has 0 aliphatic carbocycles. The highest BCUT2D eigenvalue weighted by atomic mass is 35.5. The van der Waals surface area contributed by atoms with Crippen molar-refractivity contribution in [2.45, 2.75) is 30.6 Å². The van der Waals surface area contributed by atoms with Gasteiger partial charge in [-0.05, 0) is 60.0 Å². The van der Waals surface area contributed by atoms with Gasteiger partial charge in [-0.2, -0.15) is 0 Å². The molecule has 2 amide bonds. The molecule has 5 nitrogen and oxygen atoms in total. The molecule has 38 heavy (non-hydrogen) atoms. The number of carbonyl (C=O) groups is 2. The highest BCUT2D eigenvalue weighted by molar-refractivity contribution is 6.42. The molecule has 2 fully saturated rings. The Bertz CT molecular complexity index is 1320. The Morgan fingerprint density at radius 3 is 2.29 bits per heavy atom. The lowest BCUT2D eigenvalue weighted by Gasteiger charge is -2.59. The van der Waals surface area contributed by atoms with Gasteiger partial charge in [0.25, 0.3) is 0 Å². The number of nitrogens with two attached hydrogens (primary N) is 1. The highest BCUT2D eigenvalue weighted by Gasteiger charge is 2.64. The Morgan fingerprint density at radius 1 is 1.00 bits per heavy atom. The summed E-state index contributed by atoms with van der Waals surface area (Å²) in [5, 5.41) is 7.52. The Morgan fingerprint density at radius 2 is 1.68 bits per heavy atom. The molecule has 2 aliphatic rings. The first-order valence-electron chi connectivity index (χ1n) is 13.1. The fraction of sp³-hybridized carbons (Fsp3) is 0.355. The molecule has 0 spiro atoms. The Hall–Kier alpha value is -2.86. The number of primary amides is 1. The van der Waals surface area contributed by atoms with Crippen LogP contribution in [-0.2, 0) is 26.8 Å². The van der Waals surface area contributed by atoms with Crippen molar-refractivity contribution in [3.05, 3.63) is 106 Å². The number of hydrogen-bond donors (Lipinski definition) is 3. The third-order valence-electron chi connectivity index (χ3n) is 8.90. The van der Waals surface area contributed by atoms with Crippen LogP contribution in [0.1, 0.15) is 30.0 Å². The van der Waals surface area contributed by atoms with E-state index in [4.69, 9.17) is 28.9 Å². The lowest BCUT2D eigenvalue weighted by atomic mass is 9.45. The number of carbonyl (C=O) groups excluding carboxylic acids is 2. The Kier molecular flexibility index (Phi) is 7.54. The predicted octanol–water partition coefficient (Wildman–Crippen LogP) is 4.89. The van der Waals surface area contributed by atoms with Crippen LogP contribution in [0.2, 0.25) is 10.0 Å². The molecule has 7 heteroatoms. The number of benzene rings is 3. The third kappa shape index (κ3) is 4.31. The molecule has 0 saturated carbocycles. The van der Waals surface area contributed by atoms with Crippen LogP contribution in [0.5, 0.6) is 0 Å². The number of piperidine rings is 1. The molecule has 0 aromatic heterocycles. The summed E-state index contributed by atoms with van der Waals surface area (Å²) in [6.45, 7) is 3.79. The molecule has 2 aliphatic heterocycles. The normalized spacial score (nSPS) is 28.0. The van der Waals surface area contributed by atoms with Crippen molar-refractivity contribution >= 4 is 35.0 Å². The highest BCUT2D eigenvalue weighted by Crippen LogP contribution is 2.56. The second kappa shape index (κ2) is 10.7. The molecular weight excluding hydrogens is 517 g/mol. The van der Waals surface area contributed by atoms with Gasteiger partial charge in [0.05, 0.1) is 15.5 Å². The van der Waals surface area contributed by atoms with Gasteiger partial charge < -0.3 is 16.4 Å². The minimum atomic E-state index is -1.14. The van der Waals surface area contributed by atoms with Gasteiger partial charge in [0.1, 0.15) is 0 Å². The van der Waals surface area contributed by atoms with Gasteiger partial charge in [0.15, 0.2) is 0 Å². The molecule has 3 aromatic rings. The summed E-state index contributed by atoms with van der Waals surface area (Å²) >= 11 is 13.0. The molecule has 4 N–H and O–H groups in total. The second-order valence-electron chi connectivity index (χ2n) is 10.7. The molecule has 3 aromatic carbocycles. The van der Waals surface area contributed by atoms with E-state index in [1.165, 1.54) is 0 Å². The van der Waals surface area contributed by atoms with Crippen LogP contribution in [0, 0.1) is 17.8 Å². The topological polar surface area (TPSA) is 84.2 Å². The van der Waals surface area contributed by atoms with Crippen molar-refractivity contribution < 1.29 is 9.59 Å². The molecule has 5 rings (SSSR count). The van der Waals surface area contributed by atoms with E-state index in [-0.39, 0.29) is 23.7 Å². The number of nitrogens with one attached hydrogen (secondary N) is 2. The van der Waals surface area contributed by atoms with Crippen LogP contribution in [0.4, 0.5) is 0 Å². The van der Waals surface area contributed by atoms with E-state index < -0.39 is 16.7 Å². The van der Waals surface area contributed by atoms with Crippen molar-refractivity contribution in [1.29, 1.82) is 0 Å². The van der Waals surface area contributed by atoms with E-state index in [1.54, 1.807) is 6.07 Å². The summed E-state index contributed by atoms with van der Waals surface area (Å²) in [6, 6.07) is 25.6. The van der Waals surface area contributed by atoms with Crippen LogP contribution in [-0.4, -0.2) is 31.4 Å². The average molecular weight is 551 g/mol. The quantitative estimate of drug-likeness (QED) is 0.392. The van der Waals surface area contributed by atoms with E-state index in [0.29, 0.717) is 36.1 Å². The standard InChI is InChI=1S/C31H33Cl2N3O2/c1-20(24-14-15-36-28(24)37)25-18-35-19-30(17-21-8-4-2-5-9-21,23-12-13-26(32)27(33)16-23)31(25,29(34)38)22-10-6-3-7-11-22/h2-13,16,20,24-25,35H,14-15,17-19H2,1H3,(H2,34,38)(H,36,37). The first-order chi connectivity index (χ1) is 18.3. The fourth-order valence-electron chi connectivity index (χ4n) is 7.19. The lowest BCUT2D eigenvalue weighted by Crippen LogP contribution is -2.71. The molecule has 198 valence electrons. The molecule has 5 atom stereocenters. The molecule has 2 heterocycles. The average Bonchev–Trinajstić information content (AvgIpc) is 3.36. The van der Waals surface area contributed by atoms with Crippen LogP contribution < -0.4 is 16.4 Å². The summed E-state index contributed by atoms with van der Waals surface area (Å²) in [5.41, 5.74) is 7.46. The van der Waals surface area contributed by atoms with Crippen LogP contribution in [0.25, 0.3) is 0 Å². The maximum absolute atomic E-state index is 14.3. The predicted molar refractivity (Wildman–Crippen MR) is 152 cm³/mol. The summed E-state index contributed by atoms with van der Waals surface area (Å²) in [4.78, 5) is 27.2. The Labute approximate surface area is 234 Å². The van der Waals surface area contributed by atoms with Crippen LogP contribution in [0.3, 0.4) is 0 Å². The maximum atomic E-state index is 14.3. The second-order valence-corrected chi connectivity index (χ2v) is 11.5. The van der Waals surface area contributed by atoms with Crippen molar-refractivity contribution in [3.8, 4) is 0 Å². The monoisotopic (exact) mass is 549 g/mol. The number of halogens is 2. The van der Waals surface area contributed by atoms with E-state index in [2.05, 4.69) is 29.7 Å². The number of hydrogen-bond acceptors (Lipinski definition) is 3. The van der Waals surface area contributed by atoms with Crippen LogP contribution >= 0.6 is 23.2 Å². The SMILES string of the molecule is CC(C1CCNC1=O)C1CNCC(Cc2ccccc2)(c2ccc(Cl)c(Cl)c2)C1(C(N)=O)c1ccccc1. The number of rotatable bonds is 7. The lowest BCUT2D eigenvalue weighted by molar-refractivity contribution is -0.135. The summed E-state index contributed by atoms with van der Waals surface area (Å²) in [5.74, 6) is -0.940. The zero-order valence-electron chi connectivity index (χ0n) is 21.4. The van der Waals surface area contributed by atoms with E-state index in [1.807, 2.05) is 60.7 Å². The zero-order chi connectivity index (χ0) is 26.9. The van der Waals surface area contributed by atoms with Crippen molar-refractivity contribution in [3.63, 3.8) is 0 Å². The first kappa shape index (κ1) is 26.7. The Balaban J connectivity index is 1.83. The van der Waals surface area contributed by atoms with E-state index in [9.17, 15) is 9.59 Å². The van der Waals surface area contributed by atoms with Crippen molar-refractivity contribution in [2.24, 2.45) is 23.5 Å². The van der Waals surface area contributed by atoms with Gasteiger partial charge >= 0.3 is 0 Å². The maximum Gasteiger partial charge on any atom is 0.229 e. The van der Waals surface area contributed by atoms with Gasteiger partial charge in [-0.15, -0.1) is 0 Å². The number of amides is 2. The third-order valence-corrected chi connectivity index (χ3v) is 9.64. The molecule has 0 bridgehead atoms. The smallest absolute Gasteiger partial charge is 0.229 e.